The van der Waals surface area contributed by atoms with Crippen molar-refractivity contribution in [2.75, 3.05) is 0 Å². The minimum absolute atomic E-state index is 0.103. The number of halogens is 1. The first-order chi connectivity index (χ1) is 8.23. The summed E-state index contributed by atoms with van der Waals surface area (Å²) in [6.07, 6.45) is 0.103. The van der Waals surface area contributed by atoms with E-state index in [1.807, 2.05) is 13.0 Å². The first kappa shape index (κ1) is 14.7. The lowest BCUT2D eigenvalue weighted by Gasteiger charge is -2.25. The van der Waals surface area contributed by atoms with E-state index in [1.54, 1.807) is 26.0 Å². The number of rotatable bonds is 4. The smallest absolute Gasteiger partial charge is 0.252 e. The molecular formula is C13H17BrN2O2. The predicted molar refractivity (Wildman–Crippen MR) is 74.2 cm³/mol. The molecule has 0 radical (unpaired) electrons. The Morgan fingerprint density at radius 3 is 2.56 bits per heavy atom. The van der Waals surface area contributed by atoms with Gasteiger partial charge in [0, 0.05) is 22.0 Å². The summed E-state index contributed by atoms with van der Waals surface area (Å²) in [5.74, 6) is -0.647. The normalized spacial score (nSPS) is 11.1. The first-order valence-corrected chi connectivity index (χ1v) is 6.38. The Morgan fingerprint density at radius 2 is 2.00 bits per heavy atom. The van der Waals surface area contributed by atoms with Gasteiger partial charge in [-0.05, 0) is 38.5 Å². The Kier molecular flexibility index (Phi) is 4.51. The van der Waals surface area contributed by atoms with Crippen molar-refractivity contribution in [1.82, 2.24) is 5.32 Å². The van der Waals surface area contributed by atoms with Gasteiger partial charge < -0.3 is 11.1 Å². The van der Waals surface area contributed by atoms with Crippen molar-refractivity contribution >= 4 is 27.7 Å². The van der Waals surface area contributed by atoms with Crippen LogP contribution in [-0.2, 0) is 4.79 Å². The summed E-state index contributed by atoms with van der Waals surface area (Å²) >= 11 is 3.38. The fourth-order valence-corrected chi connectivity index (χ4v) is 2.07. The minimum atomic E-state index is -0.655. The lowest BCUT2D eigenvalue weighted by atomic mass is 9.99. The third-order valence-electron chi connectivity index (χ3n) is 2.58. The number of hydrogen-bond acceptors (Lipinski definition) is 2. The highest BCUT2D eigenvalue weighted by Crippen LogP contribution is 2.20. The zero-order chi connectivity index (χ0) is 13.9. The number of nitrogens with one attached hydrogen (secondary N) is 1. The van der Waals surface area contributed by atoms with Gasteiger partial charge in [-0.1, -0.05) is 22.0 Å². The number of hydrogen-bond donors (Lipinski definition) is 2. The van der Waals surface area contributed by atoms with Crippen LogP contribution in [0, 0.1) is 6.92 Å². The molecule has 1 rings (SSSR count). The van der Waals surface area contributed by atoms with Gasteiger partial charge in [0.25, 0.3) is 5.91 Å². The van der Waals surface area contributed by atoms with Crippen LogP contribution < -0.4 is 11.1 Å². The summed E-state index contributed by atoms with van der Waals surface area (Å²) in [7, 11) is 0. The molecular weight excluding hydrogens is 296 g/mol. The molecule has 0 heterocycles. The van der Waals surface area contributed by atoms with Gasteiger partial charge in [-0.15, -0.1) is 0 Å². The van der Waals surface area contributed by atoms with Gasteiger partial charge in [0.1, 0.15) is 0 Å². The minimum Gasteiger partial charge on any atom is -0.370 e. The van der Waals surface area contributed by atoms with Crippen molar-refractivity contribution in [2.45, 2.75) is 32.7 Å². The van der Waals surface area contributed by atoms with Crippen LogP contribution in [0.15, 0.2) is 22.7 Å². The molecule has 0 saturated heterocycles. The fraction of sp³-hybridized carbons (Fsp3) is 0.385. The van der Waals surface area contributed by atoms with Gasteiger partial charge in [0.15, 0.2) is 0 Å². The summed E-state index contributed by atoms with van der Waals surface area (Å²) in [6, 6.07) is 5.42. The van der Waals surface area contributed by atoms with E-state index in [0.29, 0.717) is 5.56 Å². The highest BCUT2D eigenvalue weighted by atomic mass is 79.9. The summed E-state index contributed by atoms with van der Waals surface area (Å²) in [6.45, 7) is 5.39. The molecule has 0 spiro atoms. The molecule has 0 fully saturated rings. The molecule has 18 heavy (non-hydrogen) atoms. The zero-order valence-electron chi connectivity index (χ0n) is 10.7. The second kappa shape index (κ2) is 5.52. The zero-order valence-corrected chi connectivity index (χ0v) is 12.3. The van der Waals surface area contributed by atoms with E-state index in [0.717, 1.165) is 10.0 Å². The van der Waals surface area contributed by atoms with Crippen molar-refractivity contribution in [3.05, 3.63) is 33.8 Å². The third-order valence-corrected chi connectivity index (χ3v) is 3.44. The van der Waals surface area contributed by atoms with E-state index in [4.69, 9.17) is 5.73 Å². The number of primary amides is 1. The maximum atomic E-state index is 12.1. The number of carbonyl (C=O) groups excluding carboxylic acids is 2. The number of carbonyl (C=O) groups is 2. The summed E-state index contributed by atoms with van der Waals surface area (Å²) in [5, 5.41) is 2.81. The molecule has 0 aromatic heterocycles. The van der Waals surface area contributed by atoms with Gasteiger partial charge in [-0.25, -0.2) is 0 Å². The average molecular weight is 313 g/mol. The van der Waals surface area contributed by atoms with Crippen LogP contribution >= 0.6 is 15.9 Å². The van der Waals surface area contributed by atoms with Crippen LogP contribution in [0.4, 0.5) is 0 Å². The molecule has 5 heteroatoms. The Bertz CT molecular complexity index is 484. The number of amides is 2. The van der Waals surface area contributed by atoms with Gasteiger partial charge in [0.2, 0.25) is 5.91 Å². The van der Waals surface area contributed by atoms with E-state index >= 15 is 0 Å². The predicted octanol–water partition coefficient (Wildman–Crippen LogP) is 2.14. The van der Waals surface area contributed by atoms with E-state index in [2.05, 4.69) is 21.2 Å². The molecule has 1 aromatic carbocycles. The molecule has 98 valence electrons. The fourth-order valence-electron chi connectivity index (χ4n) is 1.71. The van der Waals surface area contributed by atoms with Crippen molar-refractivity contribution in [2.24, 2.45) is 5.73 Å². The maximum Gasteiger partial charge on any atom is 0.252 e. The largest absolute Gasteiger partial charge is 0.370 e. The van der Waals surface area contributed by atoms with Gasteiger partial charge in [0.05, 0.1) is 0 Å². The van der Waals surface area contributed by atoms with E-state index in [1.165, 1.54) is 0 Å². The van der Waals surface area contributed by atoms with Gasteiger partial charge in [-0.3, -0.25) is 9.59 Å². The average Bonchev–Trinajstić information content (AvgIpc) is 2.18. The molecule has 0 saturated carbocycles. The second-order valence-electron chi connectivity index (χ2n) is 4.89. The van der Waals surface area contributed by atoms with Gasteiger partial charge in [-0.2, -0.15) is 0 Å². The quantitative estimate of drug-likeness (QED) is 0.894. The monoisotopic (exact) mass is 312 g/mol. The summed E-state index contributed by atoms with van der Waals surface area (Å²) in [5.41, 5.74) is 5.94. The van der Waals surface area contributed by atoms with Crippen LogP contribution in [0.3, 0.4) is 0 Å². The van der Waals surface area contributed by atoms with E-state index in [9.17, 15) is 9.59 Å². The number of nitrogens with two attached hydrogens (primary N) is 1. The van der Waals surface area contributed by atoms with Crippen molar-refractivity contribution < 1.29 is 9.59 Å². The first-order valence-electron chi connectivity index (χ1n) is 5.59. The van der Waals surface area contributed by atoms with Crippen molar-refractivity contribution in [1.29, 1.82) is 0 Å². The van der Waals surface area contributed by atoms with Crippen LogP contribution in [0.1, 0.15) is 36.2 Å². The summed E-state index contributed by atoms with van der Waals surface area (Å²) in [4.78, 5) is 23.0. The molecule has 0 aliphatic rings. The van der Waals surface area contributed by atoms with Crippen LogP contribution in [0.5, 0.6) is 0 Å². The highest BCUT2D eigenvalue weighted by Gasteiger charge is 2.24. The maximum absolute atomic E-state index is 12.1. The van der Waals surface area contributed by atoms with Crippen molar-refractivity contribution in [3.8, 4) is 0 Å². The molecule has 0 unspecified atom stereocenters. The molecule has 4 nitrogen and oxygen atoms in total. The topological polar surface area (TPSA) is 72.2 Å². The number of benzene rings is 1. The van der Waals surface area contributed by atoms with Crippen molar-refractivity contribution in [3.63, 3.8) is 0 Å². The Labute approximate surface area is 115 Å². The van der Waals surface area contributed by atoms with Gasteiger partial charge >= 0.3 is 0 Å². The van der Waals surface area contributed by atoms with Crippen LogP contribution in [0.25, 0.3) is 0 Å². The van der Waals surface area contributed by atoms with Crippen LogP contribution in [-0.4, -0.2) is 17.4 Å². The SMILES string of the molecule is Cc1c(Br)cccc1C(=O)NC(C)(C)CC(N)=O. The molecule has 0 atom stereocenters. The van der Waals surface area contributed by atoms with Crippen LogP contribution in [0.2, 0.25) is 0 Å². The Balaban J connectivity index is 2.89. The van der Waals surface area contributed by atoms with E-state index < -0.39 is 11.4 Å². The molecule has 0 bridgehead atoms. The third kappa shape index (κ3) is 3.84. The molecule has 2 amide bonds. The highest BCUT2D eigenvalue weighted by molar-refractivity contribution is 9.10. The Hall–Kier alpha value is -1.36. The molecule has 3 N–H and O–H groups in total. The standard InChI is InChI=1S/C13H17BrN2O2/c1-8-9(5-4-6-10(8)14)12(18)16-13(2,3)7-11(15)17/h4-6H,7H2,1-3H3,(H2,15,17)(H,16,18). The Morgan fingerprint density at radius 1 is 1.39 bits per heavy atom. The second-order valence-corrected chi connectivity index (χ2v) is 5.75. The molecule has 0 aliphatic heterocycles. The van der Waals surface area contributed by atoms with E-state index in [-0.39, 0.29) is 12.3 Å². The molecule has 0 aliphatic carbocycles. The summed E-state index contributed by atoms with van der Waals surface area (Å²) < 4.78 is 0.878. The lowest BCUT2D eigenvalue weighted by Crippen LogP contribution is -2.46. The molecule has 1 aromatic rings. The lowest BCUT2D eigenvalue weighted by molar-refractivity contribution is -0.119.